The Bertz CT molecular complexity index is 85.1. The van der Waals surface area contributed by atoms with Gasteiger partial charge in [0.25, 0.3) is 5.92 Å². The van der Waals surface area contributed by atoms with Gasteiger partial charge in [-0.2, -0.15) is 0 Å². The summed E-state index contributed by atoms with van der Waals surface area (Å²) in [5.74, 6) is -2.80. The van der Waals surface area contributed by atoms with E-state index >= 15 is 0 Å². The highest BCUT2D eigenvalue weighted by Crippen LogP contribution is 2.17. The van der Waals surface area contributed by atoms with E-state index in [0.717, 1.165) is 0 Å². The van der Waals surface area contributed by atoms with E-state index in [1.807, 2.05) is 0 Å². The molecule has 0 spiro atoms. The number of alkyl halides is 3. The van der Waals surface area contributed by atoms with Gasteiger partial charge in [-0.25, -0.2) is 13.2 Å². The molecule has 0 rings (SSSR count). The van der Waals surface area contributed by atoms with Gasteiger partial charge >= 0.3 is 0 Å². The first-order valence-electron chi connectivity index (χ1n) is 3.14. The number of hydrogen-bond donors (Lipinski definition) is 0. The van der Waals surface area contributed by atoms with E-state index in [0.29, 0.717) is 0 Å². The molecular weight excluding hydrogens is 145 g/mol. The second kappa shape index (κ2) is 4.55. The standard InChI is InChI=1S/C6H11F3O/c1-2-6(8,9)5-10-4-3-7/h2-5H2,1H3. The molecule has 10 heavy (non-hydrogen) atoms. The maximum atomic E-state index is 12.2. The average Bonchev–Trinajstić information content (AvgIpc) is 1.89. The summed E-state index contributed by atoms with van der Waals surface area (Å²) in [5.41, 5.74) is 0. The van der Waals surface area contributed by atoms with Crippen LogP contribution in [0.2, 0.25) is 0 Å². The number of hydrogen-bond acceptors (Lipinski definition) is 1. The Hall–Kier alpha value is -0.250. The van der Waals surface area contributed by atoms with Crippen molar-refractivity contribution in [2.75, 3.05) is 19.9 Å². The highest BCUT2D eigenvalue weighted by Gasteiger charge is 2.25. The van der Waals surface area contributed by atoms with Crippen LogP contribution < -0.4 is 0 Å². The number of halogens is 3. The molecule has 0 amide bonds. The SMILES string of the molecule is CCC(F)(F)COCCF. The molecule has 0 aliphatic heterocycles. The average molecular weight is 156 g/mol. The van der Waals surface area contributed by atoms with Crippen LogP contribution in [0, 0.1) is 0 Å². The number of rotatable bonds is 5. The van der Waals surface area contributed by atoms with Crippen molar-refractivity contribution in [2.24, 2.45) is 0 Å². The summed E-state index contributed by atoms with van der Waals surface area (Å²) in [7, 11) is 0. The van der Waals surface area contributed by atoms with Crippen LogP contribution in [0.3, 0.4) is 0 Å². The minimum absolute atomic E-state index is 0.240. The molecule has 0 aromatic rings. The molecule has 0 radical (unpaired) electrons. The molecule has 0 aliphatic rings. The predicted molar refractivity (Wildman–Crippen MR) is 32.0 cm³/mol. The van der Waals surface area contributed by atoms with Crippen molar-refractivity contribution >= 4 is 0 Å². The van der Waals surface area contributed by atoms with E-state index < -0.39 is 19.2 Å². The first kappa shape index (κ1) is 9.75. The Morgan fingerprint density at radius 3 is 2.40 bits per heavy atom. The van der Waals surface area contributed by atoms with Gasteiger partial charge in [-0.1, -0.05) is 6.92 Å². The molecule has 0 aromatic carbocycles. The zero-order valence-electron chi connectivity index (χ0n) is 5.87. The van der Waals surface area contributed by atoms with E-state index in [9.17, 15) is 13.2 Å². The van der Waals surface area contributed by atoms with Gasteiger partial charge in [0, 0.05) is 6.42 Å². The Morgan fingerprint density at radius 1 is 1.40 bits per heavy atom. The van der Waals surface area contributed by atoms with Gasteiger partial charge in [0.2, 0.25) is 0 Å². The van der Waals surface area contributed by atoms with Gasteiger partial charge in [0.15, 0.2) is 0 Å². The molecule has 1 nitrogen and oxygen atoms in total. The largest absolute Gasteiger partial charge is 0.373 e. The van der Waals surface area contributed by atoms with E-state index in [1.54, 1.807) is 0 Å². The molecule has 0 heterocycles. The lowest BCUT2D eigenvalue weighted by Crippen LogP contribution is -2.22. The third-order valence-corrected chi connectivity index (χ3v) is 1.05. The van der Waals surface area contributed by atoms with Crippen molar-refractivity contribution < 1.29 is 17.9 Å². The fraction of sp³-hybridized carbons (Fsp3) is 1.00. The first-order chi connectivity index (χ1) is 4.62. The lowest BCUT2D eigenvalue weighted by Gasteiger charge is -2.12. The van der Waals surface area contributed by atoms with Crippen LogP contribution in [0.5, 0.6) is 0 Å². The lowest BCUT2D eigenvalue weighted by molar-refractivity contribution is -0.0803. The monoisotopic (exact) mass is 156 g/mol. The maximum Gasteiger partial charge on any atom is 0.270 e. The van der Waals surface area contributed by atoms with Crippen molar-refractivity contribution in [3.05, 3.63) is 0 Å². The van der Waals surface area contributed by atoms with Crippen LogP contribution >= 0.6 is 0 Å². The van der Waals surface area contributed by atoms with Crippen LogP contribution in [-0.4, -0.2) is 25.8 Å². The maximum absolute atomic E-state index is 12.2. The summed E-state index contributed by atoms with van der Waals surface area (Å²) in [4.78, 5) is 0. The molecular formula is C6H11F3O. The molecule has 4 heteroatoms. The minimum atomic E-state index is -2.80. The molecule has 0 aliphatic carbocycles. The fourth-order valence-electron chi connectivity index (χ4n) is 0.378. The lowest BCUT2D eigenvalue weighted by atomic mass is 10.3. The smallest absolute Gasteiger partial charge is 0.270 e. The number of ether oxygens (including phenoxy) is 1. The highest BCUT2D eigenvalue weighted by atomic mass is 19.3. The van der Waals surface area contributed by atoms with Gasteiger partial charge in [-0.05, 0) is 0 Å². The van der Waals surface area contributed by atoms with Gasteiger partial charge in [0.05, 0.1) is 6.61 Å². The van der Waals surface area contributed by atoms with Crippen LogP contribution in [0.15, 0.2) is 0 Å². The molecule has 0 bridgehead atoms. The molecule has 0 aromatic heterocycles. The van der Waals surface area contributed by atoms with Crippen LogP contribution in [0.1, 0.15) is 13.3 Å². The molecule has 0 atom stereocenters. The molecule has 62 valence electrons. The molecule has 0 N–H and O–H groups in total. The van der Waals surface area contributed by atoms with Crippen LogP contribution in [0.25, 0.3) is 0 Å². The van der Waals surface area contributed by atoms with Crippen LogP contribution in [0.4, 0.5) is 13.2 Å². The second-order valence-corrected chi connectivity index (χ2v) is 1.95. The molecule has 0 saturated carbocycles. The zero-order chi connectivity index (χ0) is 8.04. The molecule has 0 saturated heterocycles. The zero-order valence-corrected chi connectivity index (χ0v) is 5.87. The van der Waals surface area contributed by atoms with Crippen molar-refractivity contribution in [1.29, 1.82) is 0 Å². The minimum Gasteiger partial charge on any atom is -0.373 e. The molecule has 0 unspecified atom stereocenters. The topological polar surface area (TPSA) is 9.23 Å². The van der Waals surface area contributed by atoms with Gasteiger partial charge in [0.1, 0.15) is 13.3 Å². The van der Waals surface area contributed by atoms with Gasteiger partial charge in [-0.3, -0.25) is 0 Å². The van der Waals surface area contributed by atoms with Crippen molar-refractivity contribution in [2.45, 2.75) is 19.3 Å². The third kappa shape index (κ3) is 4.61. The molecule has 0 fully saturated rings. The summed E-state index contributed by atoms with van der Waals surface area (Å²) < 4.78 is 40.1. The summed E-state index contributed by atoms with van der Waals surface area (Å²) in [6, 6.07) is 0. The summed E-state index contributed by atoms with van der Waals surface area (Å²) in [6.07, 6.45) is -0.265. The van der Waals surface area contributed by atoms with Gasteiger partial charge < -0.3 is 4.74 Å². The Labute approximate surface area is 58.2 Å². The fourth-order valence-corrected chi connectivity index (χ4v) is 0.378. The van der Waals surface area contributed by atoms with E-state index in [2.05, 4.69) is 4.74 Å². The Balaban J connectivity index is 3.28. The third-order valence-electron chi connectivity index (χ3n) is 1.05. The highest BCUT2D eigenvalue weighted by molar-refractivity contribution is 4.60. The Morgan fingerprint density at radius 2 is 2.00 bits per heavy atom. The summed E-state index contributed by atoms with van der Waals surface area (Å²) in [6.45, 7) is -0.262. The second-order valence-electron chi connectivity index (χ2n) is 1.95. The normalized spacial score (nSPS) is 12.0. The quantitative estimate of drug-likeness (QED) is 0.553. The van der Waals surface area contributed by atoms with E-state index in [-0.39, 0.29) is 13.0 Å². The summed E-state index contributed by atoms with van der Waals surface area (Å²) in [5, 5.41) is 0. The van der Waals surface area contributed by atoms with Crippen molar-refractivity contribution in [1.82, 2.24) is 0 Å². The van der Waals surface area contributed by atoms with E-state index in [1.165, 1.54) is 6.92 Å². The van der Waals surface area contributed by atoms with Crippen molar-refractivity contribution in [3.63, 3.8) is 0 Å². The predicted octanol–water partition coefficient (Wildman–Crippen LogP) is 2.02. The Kier molecular flexibility index (Phi) is 4.43. The van der Waals surface area contributed by atoms with Crippen LogP contribution in [-0.2, 0) is 4.74 Å². The van der Waals surface area contributed by atoms with E-state index in [4.69, 9.17) is 0 Å². The first-order valence-corrected chi connectivity index (χ1v) is 3.14. The van der Waals surface area contributed by atoms with Gasteiger partial charge in [-0.15, -0.1) is 0 Å². The van der Waals surface area contributed by atoms with Crippen molar-refractivity contribution in [3.8, 4) is 0 Å². The summed E-state index contributed by atoms with van der Waals surface area (Å²) >= 11 is 0.